The van der Waals surface area contributed by atoms with E-state index in [9.17, 15) is 5.11 Å². The topological polar surface area (TPSA) is 46.2 Å². The van der Waals surface area contributed by atoms with Crippen LogP contribution in [0.2, 0.25) is 0 Å². The van der Waals surface area contributed by atoms with E-state index in [4.69, 9.17) is 5.73 Å². The van der Waals surface area contributed by atoms with Crippen molar-refractivity contribution in [3.8, 4) is 5.75 Å². The van der Waals surface area contributed by atoms with Crippen LogP contribution < -0.4 is 5.73 Å². The minimum absolute atomic E-state index is 0.162. The van der Waals surface area contributed by atoms with Gasteiger partial charge in [0, 0.05) is 16.7 Å². The standard InChI is InChI=1S/C9H13NOS/c1-7(10)6-12-9-5-3-2-4-8(9)11/h2-5,7,11H,6,10H2,1H3. The van der Waals surface area contributed by atoms with Crippen molar-refractivity contribution in [3.05, 3.63) is 24.3 Å². The van der Waals surface area contributed by atoms with Gasteiger partial charge in [-0.3, -0.25) is 0 Å². The number of thioether (sulfide) groups is 1. The molecule has 0 bridgehead atoms. The van der Waals surface area contributed by atoms with Gasteiger partial charge in [-0.2, -0.15) is 0 Å². The van der Waals surface area contributed by atoms with E-state index in [0.717, 1.165) is 10.6 Å². The first-order valence-corrected chi connectivity index (χ1v) is 4.85. The van der Waals surface area contributed by atoms with Crippen LogP contribution in [0.3, 0.4) is 0 Å². The average molecular weight is 183 g/mol. The summed E-state index contributed by atoms with van der Waals surface area (Å²) in [6.45, 7) is 1.95. The van der Waals surface area contributed by atoms with Gasteiger partial charge in [0.2, 0.25) is 0 Å². The molecule has 1 aromatic carbocycles. The first-order valence-electron chi connectivity index (χ1n) is 3.86. The van der Waals surface area contributed by atoms with Crippen molar-refractivity contribution in [2.45, 2.75) is 17.9 Å². The molecule has 1 rings (SSSR count). The van der Waals surface area contributed by atoms with Gasteiger partial charge in [-0.1, -0.05) is 12.1 Å². The fourth-order valence-electron chi connectivity index (χ4n) is 0.800. The van der Waals surface area contributed by atoms with Crippen LogP contribution in [-0.4, -0.2) is 16.9 Å². The molecule has 1 unspecified atom stereocenters. The zero-order chi connectivity index (χ0) is 8.97. The van der Waals surface area contributed by atoms with Gasteiger partial charge in [-0.15, -0.1) is 11.8 Å². The number of aromatic hydroxyl groups is 1. The number of phenolic OH excluding ortho intramolecular Hbond substituents is 1. The van der Waals surface area contributed by atoms with Crippen molar-refractivity contribution in [2.75, 3.05) is 5.75 Å². The van der Waals surface area contributed by atoms with Crippen molar-refractivity contribution in [2.24, 2.45) is 5.73 Å². The number of phenols is 1. The van der Waals surface area contributed by atoms with Gasteiger partial charge in [0.1, 0.15) is 5.75 Å². The molecular formula is C9H13NOS. The Labute approximate surface area is 76.8 Å². The molecule has 0 aromatic heterocycles. The van der Waals surface area contributed by atoms with Crippen LogP contribution in [0.15, 0.2) is 29.2 Å². The molecule has 0 saturated carbocycles. The molecule has 0 heterocycles. The molecule has 0 saturated heterocycles. The summed E-state index contributed by atoms with van der Waals surface area (Å²) < 4.78 is 0. The van der Waals surface area contributed by atoms with Crippen LogP contribution in [0.1, 0.15) is 6.92 Å². The number of rotatable bonds is 3. The van der Waals surface area contributed by atoms with Gasteiger partial charge in [0.15, 0.2) is 0 Å². The van der Waals surface area contributed by atoms with E-state index in [1.54, 1.807) is 17.8 Å². The van der Waals surface area contributed by atoms with Gasteiger partial charge in [-0.25, -0.2) is 0 Å². The summed E-state index contributed by atoms with van der Waals surface area (Å²) in [5, 5.41) is 9.36. The van der Waals surface area contributed by atoms with Gasteiger partial charge in [-0.05, 0) is 19.1 Å². The van der Waals surface area contributed by atoms with Gasteiger partial charge in [0.05, 0.1) is 0 Å². The molecule has 12 heavy (non-hydrogen) atoms. The van der Waals surface area contributed by atoms with E-state index < -0.39 is 0 Å². The Bertz CT molecular complexity index is 250. The summed E-state index contributed by atoms with van der Waals surface area (Å²) in [6.07, 6.45) is 0. The van der Waals surface area contributed by atoms with Gasteiger partial charge in [0.25, 0.3) is 0 Å². The van der Waals surface area contributed by atoms with Crippen LogP contribution >= 0.6 is 11.8 Å². The fraction of sp³-hybridized carbons (Fsp3) is 0.333. The monoisotopic (exact) mass is 183 g/mol. The summed E-state index contributed by atoms with van der Waals surface area (Å²) in [5.74, 6) is 1.17. The lowest BCUT2D eigenvalue weighted by molar-refractivity contribution is 0.462. The van der Waals surface area contributed by atoms with Crippen molar-refractivity contribution in [1.29, 1.82) is 0 Å². The molecule has 0 spiro atoms. The Morgan fingerprint density at radius 1 is 1.50 bits per heavy atom. The second kappa shape index (κ2) is 4.38. The number of hydrogen-bond acceptors (Lipinski definition) is 3. The van der Waals surface area contributed by atoms with Gasteiger partial charge < -0.3 is 10.8 Å². The lowest BCUT2D eigenvalue weighted by Gasteiger charge is -2.05. The van der Waals surface area contributed by atoms with Crippen molar-refractivity contribution >= 4 is 11.8 Å². The number of para-hydroxylation sites is 1. The maximum absolute atomic E-state index is 9.36. The summed E-state index contributed by atoms with van der Waals surface area (Å²) in [5.41, 5.74) is 5.59. The highest BCUT2D eigenvalue weighted by molar-refractivity contribution is 7.99. The van der Waals surface area contributed by atoms with E-state index in [1.165, 1.54) is 0 Å². The van der Waals surface area contributed by atoms with Crippen LogP contribution in [0, 0.1) is 0 Å². The van der Waals surface area contributed by atoms with E-state index in [-0.39, 0.29) is 6.04 Å². The first-order chi connectivity index (χ1) is 5.70. The third kappa shape index (κ3) is 2.75. The third-order valence-corrected chi connectivity index (χ3v) is 2.72. The smallest absolute Gasteiger partial charge is 0.129 e. The number of nitrogens with two attached hydrogens (primary N) is 1. The molecule has 0 aliphatic heterocycles. The highest BCUT2D eigenvalue weighted by Gasteiger charge is 2.01. The van der Waals surface area contributed by atoms with Crippen LogP contribution in [0.4, 0.5) is 0 Å². The maximum atomic E-state index is 9.36. The van der Waals surface area contributed by atoms with Gasteiger partial charge >= 0.3 is 0 Å². The second-order valence-electron chi connectivity index (χ2n) is 2.76. The van der Waals surface area contributed by atoms with E-state index in [0.29, 0.717) is 5.75 Å². The quantitative estimate of drug-likeness (QED) is 0.703. The molecule has 2 nitrogen and oxygen atoms in total. The molecular weight excluding hydrogens is 170 g/mol. The highest BCUT2D eigenvalue weighted by Crippen LogP contribution is 2.27. The minimum Gasteiger partial charge on any atom is -0.507 e. The summed E-state index contributed by atoms with van der Waals surface area (Å²) in [7, 11) is 0. The highest BCUT2D eigenvalue weighted by atomic mass is 32.2. The fourth-order valence-corrected chi connectivity index (χ4v) is 1.63. The third-order valence-electron chi connectivity index (χ3n) is 1.37. The second-order valence-corrected chi connectivity index (χ2v) is 3.82. The molecule has 0 amide bonds. The molecule has 3 heteroatoms. The zero-order valence-electron chi connectivity index (χ0n) is 7.03. The first kappa shape index (κ1) is 9.42. The maximum Gasteiger partial charge on any atom is 0.129 e. The number of hydrogen-bond donors (Lipinski definition) is 2. The molecule has 0 aliphatic rings. The van der Waals surface area contributed by atoms with E-state index >= 15 is 0 Å². The average Bonchev–Trinajstić information content (AvgIpc) is 2.03. The van der Waals surface area contributed by atoms with Crippen LogP contribution in [-0.2, 0) is 0 Å². The molecule has 0 aliphatic carbocycles. The lowest BCUT2D eigenvalue weighted by atomic mass is 10.3. The zero-order valence-corrected chi connectivity index (χ0v) is 7.84. The Morgan fingerprint density at radius 2 is 2.17 bits per heavy atom. The Hall–Kier alpha value is -0.670. The van der Waals surface area contributed by atoms with Crippen molar-refractivity contribution < 1.29 is 5.11 Å². The Morgan fingerprint density at radius 3 is 2.75 bits per heavy atom. The van der Waals surface area contributed by atoms with E-state index in [1.807, 2.05) is 25.1 Å². The number of benzene rings is 1. The summed E-state index contributed by atoms with van der Waals surface area (Å²) >= 11 is 1.58. The summed E-state index contributed by atoms with van der Waals surface area (Å²) in [4.78, 5) is 0.898. The predicted octanol–water partition coefficient (Wildman–Crippen LogP) is 1.83. The molecule has 1 aromatic rings. The Balaban J connectivity index is 2.57. The minimum atomic E-state index is 0.162. The van der Waals surface area contributed by atoms with Crippen LogP contribution in [0.25, 0.3) is 0 Å². The van der Waals surface area contributed by atoms with Crippen LogP contribution in [0.5, 0.6) is 5.75 Å². The van der Waals surface area contributed by atoms with Crippen molar-refractivity contribution in [3.63, 3.8) is 0 Å². The van der Waals surface area contributed by atoms with Crippen molar-refractivity contribution in [1.82, 2.24) is 0 Å². The summed E-state index contributed by atoms with van der Waals surface area (Å²) in [6, 6.07) is 7.45. The SMILES string of the molecule is CC(N)CSc1ccccc1O. The molecule has 66 valence electrons. The molecule has 1 atom stereocenters. The Kier molecular flexibility index (Phi) is 3.44. The van der Waals surface area contributed by atoms with E-state index in [2.05, 4.69) is 0 Å². The lowest BCUT2D eigenvalue weighted by Crippen LogP contribution is -2.17. The normalized spacial score (nSPS) is 12.8. The molecule has 3 N–H and O–H groups in total. The molecule has 0 fully saturated rings. The predicted molar refractivity (Wildman–Crippen MR) is 52.5 cm³/mol. The largest absolute Gasteiger partial charge is 0.507 e. The molecule has 0 radical (unpaired) electrons.